The smallest absolute Gasteiger partial charge is 0.309 e. The Bertz CT molecular complexity index is 1000. The molecule has 0 aliphatic heterocycles. The van der Waals surface area contributed by atoms with E-state index in [4.69, 9.17) is 20.6 Å². The van der Waals surface area contributed by atoms with Crippen LogP contribution in [-0.4, -0.2) is 100 Å². The molecule has 0 saturated heterocycles. The van der Waals surface area contributed by atoms with Crippen molar-refractivity contribution in [1.29, 1.82) is 0 Å². The van der Waals surface area contributed by atoms with Gasteiger partial charge in [0.2, 0.25) is 17.7 Å². The van der Waals surface area contributed by atoms with Crippen molar-refractivity contribution in [2.24, 2.45) is 28.6 Å². The van der Waals surface area contributed by atoms with Crippen LogP contribution in [0.2, 0.25) is 0 Å². The molecule has 0 aromatic rings. The fraction of sp³-hybridized carbons (Fsp3) is 0.840. The number of ether oxygens (including phenoxy) is 1. The maximum absolute atomic E-state index is 13.0. The molecule has 236 valence electrons. The molecule has 0 rings (SSSR count). The minimum absolute atomic E-state index is 0.106. The first-order valence-electron chi connectivity index (χ1n) is 13.9. The van der Waals surface area contributed by atoms with Gasteiger partial charge in [-0.15, -0.1) is 0 Å². The molecule has 3 amide bonds. The van der Waals surface area contributed by atoms with Gasteiger partial charge in [0.15, 0.2) is 0 Å². The molecule has 41 heavy (non-hydrogen) atoms. The van der Waals surface area contributed by atoms with E-state index >= 15 is 0 Å². The van der Waals surface area contributed by atoms with Crippen LogP contribution in [-0.2, 0) is 34.0 Å². The minimum Gasteiger partial charge on any atom is -0.459 e. The summed E-state index contributed by atoms with van der Waals surface area (Å²) >= 11 is 0. The summed E-state index contributed by atoms with van der Waals surface area (Å²) in [6, 6.07) is 0. The molecular weight excluding hydrogens is 558 g/mol. The Labute approximate surface area is 242 Å². The molecule has 3 unspecified atom stereocenters. The standard InChI is InChI=1S/C25H47N7O8S/c1-5-20(25(36)40-14-13-32(3,4)12-9-15-41(37,38)39)17-21(16-19(2)23(26)34)24(35)29-11-8-6-7-10-28-22(33)18-30-31-27/h19-21H,5-18H2,1-4H3,(H4-,26,28,29,33,34,35,37,38,39)/p+1. The van der Waals surface area contributed by atoms with E-state index in [1.54, 1.807) is 6.92 Å². The van der Waals surface area contributed by atoms with Crippen molar-refractivity contribution < 1.29 is 41.4 Å². The van der Waals surface area contributed by atoms with E-state index in [0.717, 1.165) is 6.42 Å². The molecule has 16 heteroatoms. The van der Waals surface area contributed by atoms with Gasteiger partial charge in [0, 0.05) is 36.3 Å². The number of carbonyl (C=O) groups excluding carboxylic acids is 4. The molecule has 0 saturated carbocycles. The van der Waals surface area contributed by atoms with E-state index < -0.39 is 39.7 Å². The monoisotopic (exact) mass is 606 g/mol. The van der Waals surface area contributed by atoms with Gasteiger partial charge in [0.05, 0.1) is 32.3 Å². The fourth-order valence-corrected chi connectivity index (χ4v) is 4.58. The summed E-state index contributed by atoms with van der Waals surface area (Å²) in [6.07, 6.45) is 3.17. The van der Waals surface area contributed by atoms with Gasteiger partial charge in [0.1, 0.15) is 19.7 Å². The van der Waals surface area contributed by atoms with Crippen molar-refractivity contribution in [1.82, 2.24) is 10.6 Å². The Balaban J connectivity index is 4.82. The molecule has 3 atom stereocenters. The van der Waals surface area contributed by atoms with Crippen molar-refractivity contribution >= 4 is 33.8 Å². The summed E-state index contributed by atoms with van der Waals surface area (Å²) in [4.78, 5) is 51.4. The zero-order chi connectivity index (χ0) is 31.5. The van der Waals surface area contributed by atoms with Gasteiger partial charge in [-0.1, -0.05) is 19.0 Å². The second-order valence-corrected chi connectivity index (χ2v) is 12.4. The highest BCUT2D eigenvalue weighted by Gasteiger charge is 2.30. The SMILES string of the molecule is CCC(CC(CC(C)C(N)=O)C(=O)NCCCCCNC(=O)CN=[N+]=[N-])C(=O)OCC[N+](C)(C)CCCS(=O)(=O)O. The number of carbonyl (C=O) groups is 4. The fourth-order valence-electron chi connectivity index (χ4n) is 4.09. The van der Waals surface area contributed by atoms with Gasteiger partial charge in [-0.25, -0.2) is 0 Å². The number of rotatable bonds is 23. The highest BCUT2D eigenvalue weighted by atomic mass is 32.2. The van der Waals surface area contributed by atoms with E-state index in [-0.39, 0.29) is 50.0 Å². The van der Waals surface area contributed by atoms with Gasteiger partial charge in [0.25, 0.3) is 10.1 Å². The van der Waals surface area contributed by atoms with Crippen molar-refractivity contribution in [2.45, 2.75) is 58.8 Å². The van der Waals surface area contributed by atoms with Gasteiger partial charge >= 0.3 is 5.97 Å². The number of azide groups is 1. The van der Waals surface area contributed by atoms with Crippen LogP contribution in [0.15, 0.2) is 5.11 Å². The number of nitrogens with two attached hydrogens (primary N) is 1. The molecule has 0 heterocycles. The van der Waals surface area contributed by atoms with Crippen LogP contribution < -0.4 is 16.4 Å². The van der Waals surface area contributed by atoms with Gasteiger partial charge in [-0.05, 0) is 44.1 Å². The topological polar surface area (TPSA) is 231 Å². The summed E-state index contributed by atoms with van der Waals surface area (Å²) in [6.45, 7) is 5.03. The van der Waals surface area contributed by atoms with Crippen LogP contribution in [0.4, 0.5) is 0 Å². The van der Waals surface area contributed by atoms with Crippen LogP contribution in [0.5, 0.6) is 0 Å². The lowest BCUT2D eigenvalue weighted by atomic mass is 9.85. The average Bonchev–Trinajstić information content (AvgIpc) is 2.87. The summed E-state index contributed by atoms with van der Waals surface area (Å²) in [5.74, 6) is -3.69. The van der Waals surface area contributed by atoms with Crippen molar-refractivity contribution in [3.63, 3.8) is 0 Å². The molecule has 0 aliphatic carbocycles. The molecule has 0 spiro atoms. The third-order valence-electron chi connectivity index (χ3n) is 6.75. The lowest BCUT2D eigenvalue weighted by Gasteiger charge is -2.29. The molecule has 0 aromatic carbocycles. The van der Waals surface area contributed by atoms with Gasteiger partial charge in [-0.3, -0.25) is 23.7 Å². The zero-order valence-corrected chi connectivity index (χ0v) is 25.5. The van der Waals surface area contributed by atoms with Crippen molar-refractivity contribution in [3.05, 3.63) is 10.4 Å². The second-order valence-electron chi connectivity index (χ2n) is 10.9. The maximum Gasteiger partial charge on any atom is 0.309 e. The number of primary amides is 1. The predicted octanol–water partition coefficient (Wildman–Crippen LogP) is 1.14. The summed E-state index contributed by atoms with van der Waals surface area (Å²) in [5, 5.41) is 8.68. The molecule has 0 radical (unpaired) electrons. The molecular formula is C25H48N7O8S+. The van der Waals surface area contributed by atoms with Crippen molar-refractivity contribution in [2.75, 3.05) is 59.2 Å². The quantitative estimate of drug-likeness (QED) is 0.0250. The lowest BCUT2D eigenvalue weighted by molar-refractivity contribution is -0.890. The first-order valence-corrected chi connectivity index (χ1v) is 15.5. The number of hydrogen-bond acceptors (Lipinski definition) is 8. The third-order valence-corrected chi connectivity index (χ3v) is 7.55. The van der Waals surface area contributed by atoms with Crippen LogP contribution in [0.1, 0.15) is 58.8 Å². The highest BCUT2D eigenvalue weighted by molar-refractivity contribution is 7.85. The highest BCUT2D eigenvalue weighted by Crippen LogP contribution is 2.24. The number of unbranched alkanes of at least 4 members (excludes halogenated alkanes) is 2. The summed E-state index contributed by atoms with van der Waals surface area (Å²) < 4.78 is 36.6. The van der Waals surface area contributed by atoms with E-state index in [9.17, 15) is 27.6 Å². The molecule has 0 bridgehead atoms. The number of nitrogens with zero attached hydrogens (tertiary/aromatic N) is 4. The number of quaternary nitrogens is 1. The minimum atomic E-state index is -4.03. The first kappa shape index (κ1) is 38.1. The Morgan fingerprint density at radius 1 is 1.02 bits per heavy atom. The van der Waals surface area contributed by atoms with E-state index in [1.807, 2.05) is 21.0 Å². The first-order chi connectivity index (χ1) is 19.1. The zero-order valence-electron chi connectivity index (χ0n) is 24.7. The van der Waals surface area contributed by atoms with Crippen LogP contribution >= 0.6 is 0 Å². The molecule has 0 aromatic heterocycles. The number of amides is 3. The molecule has 0 fully saturated rings. The Morgan fingerprint density at radius 3 is 2.22 bits per heavy atom. The molecule has 5 N–H and O–H groups in total. The predicted molar refractivity (Wildman–Crippen MR) is 153 cm³/mol. The third kappa shape index (κ3) is 19.7. The van der Waals surface area contributed by atoms with Crippen LogP contribution in [0, 0.1) is 17.8 Å². The summed E-state index contributed by atoms with van der Waals surface area (Å²) in [5.41, 5.74) is 13.6. The molecule has 15 nitrogen and oxygen atoms in total. The Morgan fingerprint density at radius 2 is 1.66 bits per heavy atom. The van der Waals surface area contributed by atoms with Gasteiger partial charge < -0.3 is 25.6 Å². The largest absolute Gasteiger partial charge is 0.459 e. The van der Waals surface area contributed by atoms with E-state index in [1.165, 1.54) is 0 Å². The average molecular weight is 607 g/mol. The molecule has 0 aliphatic rings. The van der Waals surface area contributed by atoms with Crippen LogP contribution in [0.25, 0.3) is 10.4 Å². The van der Waals surface area contributed by atoms with Crippen molar-refractivity contribution in [3.8, 4) is 0 Å². The summed E-state index contributed by atoms with van der Waals surface area (Å²) in [7, 11) is -0.300. The van der Waals surface area contributed by atoms with Crippen LogP contribution in [0.3, 0.4) is 0 Å². The Kier molecular flexibility index (Phi) is 18.6. The van der Waals surface area contributed by atoms with Gasteiger partial charge in [-0.2, -0.15) is 8.42 Å². The number of likely N-dealkylation sites (N-methyl/N-ethyl adjacent to an activating group) is 1. The number of esters is 1. The number of nitrogens with one attached hydrogen (secondary N) is 2. The number of hydrogen-bond donors (Lipinski definition) is 4. The normalized spacial score (nSPS) is 13.8. The van der Waals surface area contributed by atoms with E-state index in [2.05, 4.69) is 20.7 Å². The second kappa shape index (κ2) is 20.0. The maximum atomic E-state index is 13.0. The Hall–Kier alpha value is -2.94. The van der Waals surface area contributed by atoms with E-state index in [0.29, 0.717) is 49.9 Å². The lowest BCUT2D eigenvalue weighted by Crippen LogP contribution is -2.44.